The maximum Gasteiger partial charge on any atom is 0.323 e. The number of amides is 2. The standard InChI is InChI=1S/C17H24N2O/c1-3-13(2)15-10-6-7-11-16(15)19-17(20)18-12-14-8-4-5-9-14/h6-7,10-13H,3-5,8-9H2,1-2H3,(H2,18,19,20). The Kier molecular flexibility index (Phi) is 5.22. The number of hydrogen-bond acceptors (Lipinski definition) is 1. The molecule has 1 aliphatic rings. The molecule has 1 aromatic rings. The number of allylic oxidation sites excluding steroid dienone is 1. The van der Waals surface area contributed by atoms with Gasteiger partial charge in [-0.25, -0.2) is 4.79 Å². The van der Waals surface area contributed by atoms with E-state index in [0.29, 0.717) is 5.92 Å². The van der Waals surface area contributed by atoms with E-state index in [4.69, 9.17) is 0 Å². The lowest BCUT2D eigenvalue weighted by molar-refractivity contribution is 0.255. The molecule has 20 heavy (non-hydrogen) atoms. The molecular formula is C17H24N2O. The average Bonchev–Trinajstić information content (AvgIpc) is 2.98. The van der Waals surface area contributed by atoms with Crippen LogP contribution in [0.1, 0.15) is 57.4 Å². The molecule has 0 aromatic heterocycles. The van der Waals surface area contributed by atoms with Crippen LogP contribution in [0, 0.1) is 0 Å². The van der Waals surface area contributed by atoms with Crippen LogP contribution in [0.25, 0.3) is 0 Å². The topological polar surface area (TPSA) is 41.1 Å². The van der Waals surface area contributed by atoms with Crippen LogP contribution in [0.15, 0.2) is 36.0 Å². The van der Waals surface area contributed by atoms with E-state index in [-0.39, 0.29) is 6.03 Å². The summed E-state index contributed by atoms with van der Waals surface area (Å²) >= 11 is 0. The van der Waals surface area contributed by atoms with Gasteiger partial charge in [0.15, 0.2) is 0 Å². The molecule has 2 rings (SSSR count). The Balaban J connectivity index is 1.98. The molecule has 1 aliphatic carbocycles. The number of carbonyl (C=O) groups excluding carboxylic acids is 1. The van der Waals surface area contributed by atoms with Gasteiger partial charge in [0.2, 0.25) is 0 Å². The summed E-state index contributed by atoms with van der Waals surface area (Å²) in [5.74, 6) is 0.444. The molecule has 1 fully saturated rings. The monoisotopic (exact) mass is 272 g/mol. The summed E-state index contributed by atoms with van der Waals surface area (Å²) in [6.07, 6.45) is 7.64. The molecule has 1 unspecified atom stereocenters. The van der Waals surface area contributed by atoms with Crippen molar-refractivity contribution in [3.63, 3.8) is 0 Å². The van der Waals surface area contributed by atoms with Crippen molar-refractivity contribution < 1.29 is 4.79 Å². The van der Waals surface area contributed by atoms with Crippen LogP contribution in [0.2, 0.25) is 0 Å². The van der Waals surface area contributed by atoms with Crippen molar-refractivity contribution in [2.24, 2.45) is 0 Å². The zero-order chi connectivity index (χ0) is 14.4. The van der Waals surface area contributed by atoms with E-state index in [0.717, 1.165) is 24.9 Å². The molecule has 108 valence electrons. The Labute approximate surface area is 121 Å². The first-order valence-corrected chi connectivity index (χ1v) is 7.55. The predicted molar refractivity (Wildman–Crippen MR) is 83.9 cm³/mol. The lowest BCUT2D eigenvalue weighted by Crippen LogP contribution is -2.25. The summed E-state index contributed by atoms with van der Waals surface area (Å²) in [5.41, 5.74) is 3.44. The minimum absolute atomic E-state index is 0.153. The summed E-state index contributed by atoms with van der Waals surface area (Å²) in [6.45, 7) is 4.34. The summed E-state index contributed by atoms with van der Waals surface area (Å²) in [6, 6.07) is 7.87. The minimum Gasteiger partial charge on any atom is -0.314 e. The SMILES string of the molecule is CCC(C)c1ccccc1NC(=O)NC=C1CCCC1. The molecule has 1 atom stereocenters. The molecule has 3 nitrogen and oxygen atoms in total. The van der Waals surface area contributed by atoms with Crippen molar-refractivity contribution in [3.05, 3.63) is 41.6 Å². The van der Waals surface area contributed by atoms with E-state index in [1.54, 1.807) is 0 Å². The number of benzene rings is 1. The van der Waals surface area contributed by atoms with Crippen LogP contribution >= 0.6 is 0 Å². The van der Waals surface area contributed by atoms with Crippen LogP contribution in [0.3, 0.4) is 0 Å². The largest absolute Gasteiger partial charge is 0.323 e. The summed E-state index contributed by atoms with van der Waals surface area (Å²) in [4.78, 5) is 12.0. The van der Waals surface area contributed by atoms with E-state index in [1.165, 1.54) is 24.0 Å². The zero-order valence-corrected chi connectivity index (χ0v) is 12.4. The van der Waals surface area contributed by atoms with Gasteiger partial charge < -0.3 is 10.6 Å². The smallest absolute Gasteiger partial charge is 0.314 e. The molecule has 2 N–H and O–H groups in total. The molecule has 0 bridgehead atoms. The lowest BCUT2D eigenvalue weighted by atomic mass is 9.97. The second-order valence-corrected chi connectivity index (χ2v) is 5.50. The number of carbonyl (C=O) groups is 1. The number of anilines is 1. The van der Waals surface area contributed by atoms with Crippen molar-refractivity contribution in [2.75, 3.05) is 5.32 Å². The Morgan fingerprint density at radius 2 is 2.00 bits per heavy atom. The third-order valence-corrected chi connectivity index (χ3v) is 4.01. The van der Waals surface area contributed by atoms with Crippen molar-refractivity contribution in [3.8, 4) is 0 Å². The van der Waals surface area contributed by atoms with E-state index < -0.39 is 0 Å². The van der Waals surface area contributed by atoms with E-state index in [9.17, 15) is 4.79 Å². The maximum absolute atomic E-state index is 12.0. The molecule has 0 aliphatic heterocycles. The minimum atomic E-state index is -0.153. The quantitative estimate of drug-likeness (QED) is 0.813. The van der Waals surface area contributed by atoms with E-state index in [2.05, 4.69) is 30.5 Å². The van der Waals surface area contributed by atoms with Crippen molar-refractivity contribution in [1.82, 2.24) is 5.32 Å². The average molecular weight is 272 g/mol. The molecule has 0 saturated heterocycles. The number of urea groups is 1. The molecule has 2 amide bonds. The van der Waals surface area contributed by atoms with Gasteiger partial charge in [0.25, 0.3) is 0 Å². The summed E-state index contributed by atoms with van der Waals surface area (Å²) in [5, 5.41) is 5.80. The predicted octanol–water partition coefficient (Wildman–Crippen LogP) is 4.78. The van der Waals surface area contributed by atoms with Gasteiger partial charge in [0, 0.05) is 11.9 Å². The van der Waals surface area contributed by atoms with Gasteiger partial charge in [-0.15, -0.1) is 0 Å². The van der Waals surface area contributed by atoms with E-state index in [1.807, 2.05) is 24.4 Å². The van der Waals surface area contributed by atoms with Crippen molar-refractivity contribution in [1.29, 1.82) is 0 Å². The van der Waals surface area contributed by atoms with Crippen LogP contribution in [-0.4, -0.2) is 6.03 Å². The number of nitrogens with one attached hydrogen (secondary N) is 2. The molecule has 1 saturated carbocycles. The molecular weight excluding hydrogens is 248 g/mol. The number of rotatable bonds is 4. The summed E-state index contributed by atoms with van der Waals surface area (Å²) in [7, 11) is 0. The fourth-order valence-corrected chi connectivity index (χ4v) is 2.56. The molecule has 1 aromatic carbocycles. The van der Waals surface area contributed by atoms with Gasteiger partial charge in [0.1, 0.15) is 0 Å². The zero-order valence-electron chi connectivity index (χ0n) is 12.4. The molecule has 3 heteroatoms. The Morgan fingerprint density at radius 1 is 1.30 bits per heavy atom. The van der Waals surface area contributed by atoms with E-state index >= 15 is 0 Å². The molecule has 0 radical (unpaired) electrons. The fraction of sp³-hybridized carbons (Fsp3) is 0.471. The highest BCUT2D eigenvalue weighted by Crippen LogP contribution is 2.26. The number of hydrogen-bond donors (Lipinski definition) is 2. The van der Waals surface area contributed by atoms with Gasteiger partial charge in [-0.2, -0.15) is 0 Å². The van der Waals surface area contributed by atoms with Gasteiger partial charge >= 0.3 is 6.03 Å². The Morgan fingerprint density at radius 3 is 2.70 bits per heavy atom. The molecule has 0 spiro atoms. The highest BCUT2D eigenvalue weighted by molar-refractivity contribution is 5.90. The second-order valence-electron chi connectivity index (χ2n) is 5.50. The van der Waals surface area contributed by atoms with Gasteiger partial charge in [-0.3, -0.25) is 0 Å². The second kappa shape index (κ2) is 7.13. The third-order valence-electron chi connectivity index (χ3n) is 4.01. The number of para-hydroxylation sites is 1. The van der Waals surface area contributed by atoms with Crippen LogP contribution in [-0.2, 0) is 0 Å². The van der Waals surface area contributed by atoms with Gasteiger partial charge in [0.05, 0.1) is 0 Å². The van der Waals surface area contributed by atoms with Crippen LogP contribution in [0.5, 0.6) is 0 Å². The first-order chi connectivity index (χ1) is 9.70. The Bertz CT molecular complexity index is 486. The maximum atomic E-state index is 12.0. The van der Waals surface area contributed by atoms with Crippen LogP contribution < -0.4 is 10.6 Å². The first kappa shape index (κ1) is 14.6. The van der Waals surface area contributed by atoms with Crippen molar-refractivity contribution in [2.45, 2.75) is 51.9 Å². The normalized spacial score (nSPS) is 15.8. The van der Waals surface area contributed by atoms with Gasteiger partial charge in [-0.05, 0) is 49.7 Å². The lowest BCUT2D eigenvalue weighted by Gasteiger charge is -2.15. The first-order valence-electron chi connectivity index (χ1n) is 7.55. The fourth-order valence-electron chi connectivity index (χ4n) is 2.56. The van der Waals surface area contributed by atoms with Gasteiger partial charge in [-0.1, -0.05) is 37.6 Å². The Hall–Kier alpha value is -1.77. The summed E-state index contributed by atoms with van der Waals surface area (Å²) < 4.78 is 0. The molecule has 0 heterocycles. The van der Waals surface area contributed by atoms with Crippen molar-refractivity contribution >= 4 is 11.7 Å². The highest BCUT2D eigenvalue weighted by Gasteiger charge is 2.11. The highest BCUT2D eigenvalue weighted by atomic mass is 16.2. The van der Waals surface area contributed by atoms with Crippen LogP contribution in [0.4, 0.5) is 10.5 Å². The third kappa shape index (κ3) is 3.86.